The fourth-order valence-electron chi connectivity index (χ4n) is 5.82. The van der Waals surface area contributed by atoms with E-state index in [1.807, 2.05) is 24.1 Å². The van der Waals surface area contributed by atoms with Crippen molar-refractivity contribution in [3.05, 3.63) is 94.3 Å². The van der Waals surface area contributed by atoms with Crippen molar-refractivity contribution in [1.82, 2.24) is 15.2 Å². The van der Waals surface area contributed by atoms with Crippen LogP contribution < -0.4 is 5.32 Å². The van der Waals surface area contributed by atoms with Crippen molar-refractivity contribution in [3.8, 4) is 11.1 Å². The third kappa shape index (κ3) is 5.12. The van der Waals surface area contributed by atoms with Crippen LogP contribution in [0.2, 0.25) is 0 Å². The van der Waals surface area contributed by atoms with Gasteiger partial charge in [-0.05, 0) is 91.7 Å². The van der Waals surface area contributed by atoms with Crippen LogP contribution in [0, 0.1) is 11.6 Å². The number of fused-ring (bicyclic) bond motifs is 1. The standard InChI is InChI=1S/C31H32ClF2N3O/c1-3-19-4-5-21(20-12-14-36-15-13-20)16-22(19)18-37(24-8-6-23(35-2)7-9-24)31(38)26-17-25-27(33)10-11-28(34)29(25)30(26)32/h4-5,10-16,23-24,35H,3,6-9,17-18H2,1-2H3. The summed E-state index contributed by atoms with van der Waals surface area (Å²) in [6, 6.07) is 12.9. The Balaban J connectivity index is 1.52. The summed E-state index contributed by atoms with van der Waals surface area (Å²) in [5, 5.41) is 3.38. The molecular formula is C31H32ClF2N3O. The fraction of sp³-hybridized carbons (Fsp3) is 0.355. The molecule has 3 aromatic rings. The Kier molecular flexibility index (Phi) is 7.91. The van der Waals surface area contributed by atoms with E-state index < -0.39 is 11.6 Å². The highest BCUT2D eigenvalue weighted by Gasteiger charge is 2.36. The van der Waals surface area contributed by atoms with E-state index in [2.05, 4.69) is 35.4 Å². The average molecular weight is 536 g/mol. The molecule has 1 saturated carbocycles. The second-order valence-electron chi connectivity index (χ2n) is 10.2. The van der Waals surface area contributed by atoms with Gasteiger partial charge < -0.3 is 10.2 Å². The largest absolute Gasteiger partial charge is 0.332 e. The van der Waals surface area contributed by atoms with E-state index >= 15 is 0 Å². The van der Waals surface area contributed by atoms with Crippen LogP contribution in [0.25, 0.3) is 16.2 Å². The van der Waals surface area contributed by atoms with Crippen molar-refractivity contribution in [2.45, 2.75) is 64.1 Å². The van der Waals surface area contributed by atoms with Gasteiger partial charge in [-0.15, -0.1) is 0 Å². The minimum absolute atomic E-state index is 0.00333. The summed E-state index contributed by atoms with van der Waals surface area (Å²) in [5.74, 6) is -1.38. The molecule has 2 aliphatic rings. The van der Waals surface area contributed by atoms with E-state index in [9.17, 15) is 13.6 Å². The second kappa shape index (κ2) is 11.3. The van der Waals surface area contributed by atoms with E-state index in [1.54, 1.807) is 12.4 Å². The molecule has 0 unspecified atom stereocenters. The highest BCUT2D eigenvalue weighted by molar-refractivity contribution is 6.52. The van der Waals surface area contributed by atoms with Crippen LogP contribution >= 0.6 is 11.6 Å². The summed E-state index contributed by atoms with van der Waals surface area (Å²) in [5.41, 5.74) is 4.78. The number of benzene rings is 2. The zero-order valence-corrected chi connectivity index (χ0v) is 22.5. The Morgan fingerprint density at radius 3 is 2.37 bits per heavy atom. The number of aromatic nitrogens is 1. The van der Waals surface area contributed by atoms with E-state index in [0.717, 1.165) is 66.5 Å². The van der Waals surface area contributed by atoms with Gasteiger partial charge in [-0.3, -0.25) is 9.78 Å². The Morgan fingerprint density at radius 1 is 1.00 bits per heavy atom. The molecule has 4 nitrogen and oxygen atoms in total. The first-order chi connectivity index (χ1) is 18.4. The van der Waals surface area contributed by atoms with Crippen molar-refractivity contribution in [2.75, 3.05) is 7.05 Å². The molecule has 1 amide bonds. The van der Waals surface area contributed by atoms with Crippen molar-refractivity contribution < 1.29 is 13.6 Å². The number of aryl methyl sites for hydroxylation is 1. The molecule has 1 N–H and O–H groups in total. The Labute approximate surface area is 227 Å². The Hall–Kier alpha value is -3.09. The molecule has 1 aromatic heterocycles. The molecule has 38 heavy (non-hydrogen) atoms. The van der Waals surface area contributed by atoms with Gasteiger partial charge in [0.25, 0.3) is 5.91 Å². The van der Waals surface area contributed by atoms with Crippen molar-refractivity contribution in [2.24, 2.45) is 0 Å². The van der Waals surface area contributed by atoms with E-state index in [1.165, 1.54) is 0 Å². The van der Waals surface area contributed by atoms with Gasteiger partial charge in [0.15, 0.2) is 0 Å². The van der Waals surface area contributed by atoms with Crippen LogP contribution in [-0.2, 0) is 24.2 Å². The fourth-order valence-corrected chi connectivity index (χ4v) is 6.17. The lowest BCUT2D eigenvalue weighted by Gasteiger charge is -2.38. The van der Waals surface area contributed by atoms with Crippen molar-refractivity contribution >= 4 is 22.5 Å². The van der Waals surface area contributed by atoms with Gasteiger partial charge >= 0.3 is 0 Å². The van der Waals surface area contributed by atoms with Crippen LogP contribution in [0.15, 0.2) is 60.4 Å². The molecule has 0 atom stereocenters. The minimum atomic E-state index is -0.603. The molecule has 5 rings (SSSR count). The zero-order chi connectivity index (χ0) is 26.8. The normalized spacial score (nSPS) is 19.0. The summed E-state index contributed by atoms with van der Waals surface area (Å²) in [7, 11) is 1.97. The number of hydrogen-bond donors (Lipinski definition) is 1. The van der Waals surface area contributed by atoms with Crippen LogP contribution in [0.3, 0.4) is 0 Å². The number of rotatable bonds is 7. The summed E-state index contributed by atoms with van der Waals surface area (Å²) in [6.45, 7) is 2.51. The maximum Gasteiger partial charge on any atom is 0.252 e. The molecule has 1 fully saturated rings. The maximum atomic E-state index is 14.6. The first kappa shape index (κ1) is 26.5. The smallest absolute Gasteiger partial charge is 0.252 e. The Bertz CT molecular complexity index is 1370. The van der Waals surface area contributed by atoms with E-state index in [0.29, 0.717) is 12.6 Å². The van der Waals surface area contributed by atoms with Crippen LogP contribution in [0.5, 0.6) is 0 Å². The van der Waals surface area contributed by atoms with Crippen LogP contribution in [-0.4, -0.2) is 34.9 Å². The molecule has 198 valence electrons. The van der Waals surface area contributed by atoms with Gasteiger partial charge in [0.1, 0.15) is 11.6 Å². The molecule has 7 heteroatoms. The summed E-state index contributed by atoms with van der Waals surface area (Å²) >= 11 is 6.59. The molecule has 2 aliphatic carbocycles. The van der Waals surface area contributed by atoms with E-state index in [-0.39, 0.29) is 40.1 Å². The quantitative estimate of drug-likeness (QED) is 0.368. The molecule has 0 radical (unpaired) electrons. The van der Waals surface area contributed by atoms with Gasteiger partial charge in [0.2, 0.25) is 0 Å². The summed E-state index contributed by atoms with van der Waals surface area (Å²) in [4.78, 5) is 20.2. The topological polar surface area (TPSA) is 45.2 Å². The highest BCUT2D eigenvalue weighted by Crippen LogP contribution is 2.40. The third-order valence-corrected chi connectivity index (χ3v) is 8.47. The van der Waals surface area contributed by atoms with Crippen molar-refractivity contribution in [1.29, 1.82) is 0 Å². The number of carbonyl (C=O) groups is 1. The number of carbonyl (C=O) groups excluding carboxylic acids is 1. The second-order valence-corrected chi connectivity index (χ2v) is 10.5. The predicted molar refractivity (Wildman–Crippen MR) is 148 cm³/mol. The van der Waals surface area contributed by atoms with Crippen molar-refractivity contribution in [3.63, 3.8) is 0 Å². The zero-order valence-electron chi connectivity index (χ0n) is 21.7. The van der Waals surface area contributed by atoms with E-state index in [4.69, 9.17) is 11.6 Å². The average Bonchev–Trinajstić information content (AvgIpc) is 3.32. The lowest BCUT2D eigenvalue weighted by atomic mass is 9.89. The highest BCUT2D eigenvalue weighted by atomic mass is 35.5. The van der Waals surface area contributed by atoms with Gasteiger partial charge in [-0.1, -0.05) is 30.7 Å². The maximum absolute atomic E-state index is 14.6. The first-order valence-electron chi connectivity index (χ1n) is 13.3. The molecular weight excluding hydrogens is 504 g/mol. The molecule has 0 bridgehead atoms. The van der Waals surface area contributed by atoms with Gasteiger partial charge in [0, 0.05) is 54.1 Å². The lowest BCUT2D eigenvalue weighted by molar-refractivity contribution is -0.130. The molecule has 2 aromatic carbocycles. The summed E-state index contributed by atoms with van der Waals surface area (Å²) in [6.07, 6.45) is 7.97. The van der Waals surface area contributed by atoms with Gasteiger partial charge in [0.05, 0.1) is 5.03 Å². The molecule has 0 aliphatic heterocycles. The number of nitrogens with zero attached hydrogens (tertiary/aromatic N) is 2. The number of halogens is 3. The first-order valence-corrected chi connectivity index (χ1v) is 13.6. The molecule has 0 saturated heterocycles. The third-order valence-electron chi connectivity index (χ3n) is 8.05. The monoisotopic (exact) mass is 535 g/mol. The lowest BCUT2D eigenvalue weighted by Crippen LogP contribution is -2.45. The number of nitrogens with one attached hydrogen (secondary N) is 1. The SMILES string of the molecule is CCc1ccc(-c2ccncc2)cc1CN(C(=O)C1=C(Cl)c2c(F)ccc(F)c2C1)C1CCC(NC)CC1. The molecule has 1 heterocycles. The van der Waals surface area contributed by atoms with Gasteiger partial charge in [-0.2, -0.15) is 0 Å². The minimum Gasteiger partial charge on any atom is -0.332 e. The predicted octanol–water partition coefficient (Wildman–Crippen LogP) is 6.65. The van der Waals surface area contributed by atoms with Gasteiger partial charge in [-0.25, -0.2) is 8.78 Å². The number of amides is 1. The number of pyridine rings is 1. The Morgan fingerprint density at radius 2 is 1.71 bits per heavy atom. The van der Waals surface area contributed by atoms with Crippen LogP contribution in [0.1, 0.15) is 54.9 Å². The van der Waals surface area contributed by atoms with Crippen LogP contribution in [0.4, 0.5) is 8.78 Å². The summed E-state index contributed by atoms with van der Waals surface area (Å²) < 4.78 is 29.2. The number of hydrogen-bond acceptors (Lipinski definition) is 3. The molecule has 0 spiro atoms.